The maximum Gasteiger partial charge on any atom is 0.120 e. The maximum absolute atomic E-state index is 9.46. The second kappa shape index (κ2) is 4.84. The fraction of sp³-hybridized carbons (Fsp3) is 0.400. The smallest absolute Gasteiger partial charge is 0.120 e. The summed E-state index contributed by atoms with van der Waals surface area (Å²) in [6.07, 6.45) is 0.972. The number of aryl methyl sites for hydroxylation is 1. The van der Waals surface area contributed by atoms with Crippen molar-refractivity contribution in [3.8, 4) is 5.75 Å². The Hall–Kier alpha value is -1.06. The number of rotatable bonds is 4. The molecule has 1 rings (SSSR count). The van der Waals surface area contributed by atoms with E-state index in [2.05, 4.69) is 12.4 Å². The van der Waals surface area contributed by atoms with Crippen molar-refractivity contribution in [3.63, 3.8) is 0 Å². The Balaban J connectivity index is 2.78. The molecule has 0 amide bonds. The highest BCUT2D eigenvalue weighted by atomic mass is 16.6. The molecule has 13 heavy (non-hydrogen) atoms. The molecule has 0 saturated heterocycles. The minimum absolute atomic E-state index is 0.307. The number of phenolic OH excluding ortho intramolecular Hbond substituents is 1. The van der Waals surface area contributed by atoms with Crippen LogP contribution in [-0.4, -0.2) is 12.2 Å². The first-order valence-electron chi connectivity index (χ1n) is 4.34. The van der Waals surface area contributed by atoms with Crippen molar-refractivity contribution in [1.29, 1.82) is 0 Å². The minimum atomic E-state index is 0.307. The molecule has 0 bridgehead atoms. The van der Waals surface area contributed by atoms with Crippen LogP contribution in [0.1, 0.15) is 18.1 Å². The van der Waals surface area contributed by atoms with Gasteiger partial charge in [0.15, 0.2) is 0 Å². The lowest BCUT2D eigenvalue weighted by atomic mass is 10.1. The lowest BCUT2D eigenvalue weighted by Gasteiger charge is -2.06. The zero-order chi connectivity index (χ0) is 9.68. The SMILES string of the molecule is CCc1ccc(O)c(CNOC)c1. The van der Waals surface area contributed by atoms with Crippen LogP contribution in [-0.2, 0) is 17.8 Å². The molecular weight excluding hydrogens is 166 g/mol. The van der Waals surface area contributed by atoms with Crippen LogP contribution in [0.15, 0.2) is 18.2 Å². The molecule has 3 nitrogen and oxygen atoms in total. The van der Waals surface area contributed by atoms with E-state index in [1.54, 1.807) is 13.2 Å². The van der Waals surface area contributed by atoms with Crippen molar-refractivity contribution >= 4 is 0 Å². The highest BCUT2D eigenvalue weighted by molar-refractivity contribution is 5.35. The van der Waals surface area contributed by atoms with E-state index in [0.717, 1.165) is 12.0 Å². The Morgan fingerprint density at radius 2 is 2.23 bits per heavy atom. The largest absolute Gasteiger partial charge is 0.508 e. The minimum Gasteiger partial charge on any atom is -0.508 e. The Morgan fingerprint density at radius 3 is 2.85 bits per heavy atom. The Morgan fingerprint density at radius 1 is 1.46 bits per heavy atom. The van der Waals surface area contributed by atoms with Crippen LogP contribution in [0, 0.1) is 0 Å². The van der Waals surface area contributed by atoms with Gasteiger partial charge in [0.1, 0.15) is 5.75 Å². The van der Waals surface area contributed by atoms with E-state index < -0.39 is 0 Å². The van der Waals surface area contributed by atoms with E-state index in [0.29, 0.717) is 12.3 Å². The Bertz CT molecular complexity index is 274. The van der Waals surface area contributed by atoms with Gasteiger partial charge >= 0.3 is 0 Å². The summed E-state index contributed by atoms with van der Waals surface area (Å²) in [5.74, 6) is 0.307. The van der Waals surface area contributed by atoms with Crippen LogP contribution in [0.3, 0.4) is 0 Å². The lowest BCUT2D eigenvalue weighted by molar-refractivity contribution is 0.0861. The van der Waals surface area contributed by atoms with Crippen molar-refractivity contribution in [2.75, 3.05) is 7.11 Å². The molecule has 0 aliphatic carbocycles. The number of aromatic hydroxyl groups is 1. The summed E-state index contributed by atoms with van der Waals surface area (Å²) < 4.78 is 0. The fourth-order valence-electron chi connectivity index (χ4n) is 1.15. The molecule has 0 atom stereocenters. The molecule has 0 heterocycles. The first-order valence-corrected chi connectivity index (χ1v) is 4.34. The highest BCUT2D eigenvalue weighted by Crippen LogP contribution is 2.18. The third kappa shape index (κ3) is 2.72. The average molecular weight is 181 g/mol. The number of hydrogen-bond acceptors (Lipinski definition) is 3. The van der Waals surface area contributed by atoms with E-state index >= 15 is 0 Å². The average Bonchev–Trinajstić information content (AvgIpc) is 2.17. The third-order valence-electron chi connectivity index (χ3n) is 1.96. The maximum atomic E-state index is 9.46. The first kappa shape index (κ1) is 10.0. The molecule has 1 aromatic rings. The van der Waals surface area contributed by atoms with Crippen LogP contribution in [0.5, 0.6) is 5.75 Å². The predicted octanol–water partition coefficient (Wildman–Crippen LogP) is 1.61. The normalized spacial score (nSPS) is 10.3. The molecule has 0 aliphatic heterocycles. The quantitative estimate of drug-likeness (QED) is 0.693. The second-order valence-corrected chi connectivity index (χ2v) is 2.84. The predicted molar refractivity (Wildman–Crippen MR) is 51.3 cm³/mol. The molecule has 3 heteroatoms. The van der Waals surface area contributed by atoms with Crippen molar-refractivity contribution in [2.24, 2.45) is 0 Å². The molecule has 72 valence electrons. The molecule has 0 aromatic heterocycles. The highest BCUT2D eigenvalue weighted by Gasteiger charge is 2.00. The lowest BCUT2D eigenvalue weighted by Crippen LogP contribution is -2.10. The van der Waals surface area contributed by atoms with Gasteiger partial charge in [-0.25, -0.2) is 0 Å². The Kier molecular flexibility index (Phi) is 3.73. The van der Waals surface area contributed by atoms with E-state index in [4.69, 9.17) is 4.84 Å². The molecule has 0 fully saturated rings. The number of nitrogens with one attached hydrogen (secondary N) is 1. The summed E-state index contributed by atoms with van der Waals surface area (Å²) in [6, 6.07) is 5.61. The summed E-state index contributed by atoms with van der Waals surface area (Å²) in [6.45, 7) is 2.61. The number of hydrogen-bond donors (Lipinski definition) is 2. The fourth-order valence-corrected chi connectivity index (χ4v) is 1.15. The third-order valence-corrected chi connectivity index (χ3v) is 1.96. The van der Waals surface area contributed by atoms with Crippen molar-refractivity contribution in [1.82, 2.24) is 5.48 Å². The molecule has 0 radical (unpaired) electrons. The van der Waals surface area contributed by atoms with Gasteiger partial charge in [-0.15, -0.1) is 0 Å². The molecule has 0 spiro atoms. The summed E-state index contributed by atoms with van der Waals surface area (Å²) >= 11 is 0. The van der Waals surface area contributed by atoms with E-state index in [9.17, 15) is 5.11 Å². The van der Waals surface area contributed by atoms with Gasteiger partial charge in [0.25, 0.3) is 0 Å². The van der Waals surface area contributed by atoms with Crippen molar-refractivity contribution in [2.45, 2.75) is 19.9 Å². The van der Waals surface area contributed by atoms with Gasteiger partial charge in [0.05, 0.1) is 7.11 Å². The van der Waals surface area contributed by atoms with E-state index in [-0.39, 0.29) is 0 Å². The van der Waals surface area contributed by atoms with Gasteiger partial charge in [0.2, 0.25) is 0 Å². The van der Waals surface area contributed by atoms with Gasteiger partial charge < -0.3 is 9.94 Å². The van der Waals surface area contributed by atoms with E-state index in [1.165, 1.54) is 5.56 Å². The summed E-state index contributed by atoms with van der Waals surface area (Å²) in [5, 5.41) is 9.46. The van der Waals surface area contributed by atoms with Gasteiger partial charge in [-0.05, 0) is 18.1 Å². The molecule has 2 N–H and O–H groups in total. The van der Waals surface area contributed by atoms with Crippen LogP contribution in [0.2, 0.25) is 0 Å². The zero-order valence-electron chi connectivity index (χ0n) is 8.00. The molecule has 0 unspecified atom stereocenters. The number of hydroxylamine groups is 1. The monoisotopic (exact) mass is 181 g/mol. The topological polar surface area (TPSA) is 41.5 Å². The zero-order valence-corrected chi connectivity index (χ0v) is 8.00. The van der Waals surface area contributed by atoms with Crippen LogP contribution in [0.4, 0.5) is 0 Å². The van der Waals surface area contributed by atoms with Crippen LogP contribution in [0.25, 0.3) is 0 Å². The number of benzene rings is 1. The van der Waals surface area contributed by atoms with Gasteiger partial charge in [-0.1, -0.05) is 19.1 Å². The Labute approximate surface area is 78.3 Å². The van der Waals surface area contributed by atoms with Gasteiger partial charge in [-0.3, -0.25) is 0 Å². The standard InChI is InChI=1S/C10H15NO2/c1-3-8-4-5-10(12)9(6-8)7-11-13-2/h4-6,11-12H,3,7H2,1-2H3. The van der Waals surface area contributed by atoms with E-state index in [1.807, 2.05) is 12.1 Å². The van der Waals surface area contributed by atoms with Crippen LogP contribution < -0.4 is 5.48 Å². The first-order chi connectivity index (χ1) is 6.27. The molecule has 0 aliphatic rings. The summed E-state index contributed by atoms with van der Waals surface area (Å²) in [4.78, 5) is 4.71. The number of phenols is 1. The summed E-state index contributed by atoms with van der Waals surface area (Å²) in [7, 11) is 1.56. The van der Waals surface area contributed by atoms with Gasteiger partial charge in [-0.2, -0.15) is 5.48 Å². The molecule has 1 aromatic carbocycles. The van der Waals surface area contributed by atoms with Crippen LogP contribution >= 0.6 is 0 Å². The molecule has 0 saturated carbocycles. The van der Waals surface area contributed by atoms with Crippen molar-refractivity contribution < 1.29 is 9.94 Å². The second-order valence-electron chi connectivity index (χ2n) is 2.84. The van der Waals surface area contributed by atoms with Gasteiger partial charge in [0, 0.05) is 12.1 Å². The molecular formula is C10H15NO2. The van der Waals surface area contributed by atoms with Crippen molar-refractivity contribution in [3.05, 3.63) is 29.3 Å². The summed E-state index contributed by atoms with van der Waals surface area (Å²) in [5.41, 5.74) is 4.77.